The van der Waals surface area contributed by atoms with Crippen LogP contribution in [0.4, 0.5) is 0 Å². The predicted octanol–water partition coefficient (Wildman–Crippen LogP) is 1.21. The van der Waals surface area contributed by atoms with Crippen molar-refractivity contribution in [2.45, 2.75) is 32.4 Å². The van der Waals surface area contributed by atoms with Gasteiger partial charge >= 0.3 is 0 Å². The number of rotatable bonds is 1. The number of sulfone groups is 1. The van der Waals surface area contributed by atoms with E-state index in [9.17, 15) is 8.42 Å². The molecule has 2 atom stereocenters. The monoisotopic (exact) mass is 283 g/mol. The van der Waals surface area contributed by atoms with Crippen LogP contribution in [0.3, 0.4) is 0 Å². The fraction of sp³-hybridized carbons (Fsp3) is 1.00. The molecule has 2 unspecified atom stereocenters. The quantitative estimate of drug-likeness (QED) is 0.786. The molecule has 0 aromatic rings. The van der Waals surface area contributed by atoms with Crippen LogP contribution >= 0.6 is 12.4 Å². The van der Waals surface area contributed by atoms with Gasteiger partial charge in [0.05, 0.1) is 18.1 Å². The zero-order valence-electron chi connectivity index (χ0n) is 10.4. The first-order valence-corrected chi connectivity index (χ1v) is 7.83. The molecule has 0 aromatic heterocycles. The van der Waals surface area contributed by atoms with Gasteiger partial charge in [-0.2, -0.15) is 0 Å². The molecular formula is C11H22ClNO3S. The van der Waals surface area contributed by atoms with Crippen LogP contribution < -0.4 is 5.32 Å². The van der Waals surface area contributed by atoms with Crippen molar-refractivity contribution in [3.8, 4) is 0 Å². The summed E-state index contributed by atoms with van der Waals surface area (Å²) in [5.74, 6) is 1.49. The van der Waals surface area contributed by atoms with Crippen LogP contribution in [0.15, 0.2) is 0 Å². The van der Waals surface area contributed by atoms with Crippen LogP contribution in [0.25, 0.3) is 0 Å². The maximum Gasteiger partial charge on any atom is 0.150 e. The van der Waals surface area contributed by atoms with Crippen LogP contribution in [0.2, 0.25) is 0 Å². The topological polar surface area (TPSA) is 55.4 Å². The van der Waals surface area contributed by atoms with Gasteiger partial charge in [-0.15, -0.1) is 12.4 Å². The SMILES string of the molecule is CC1CNC(C)(C2CCS(=O)(=O)CC2)OC1.Cl. The van der Waals surface area contributed by atoms with Gasteiger partial charge in [0.1, 0.15) is 15.6 Å². The Kier molecular flexibility index (Phi) is 4.86. The predicted molar refractivity (Wildman–Crippen MR) is 70.1 cm³/mol. The Balaban J connectivity index is 0.00000144. The molecule has 0 bridgehead atoms. The summed E-state index contributed by atoms with van der Waals surface area (Å²) >= 11 is 0. The zero-order valence-corrected chi connectivity index (χ0v) is 12.1. The van der Waals surface area contributed by atoms with Crippen LogP contribution in [0.1, 0.15) is 26.7 Å². The fourth-order valence-corrected chi connectivity index (χ4v) is 4.00. The Morgan fingerprint density at radius 3 is 2.35 bits per heavy atom. The van der Waals surface area contributed by atoms with Gasteiger partial charge in [0.2, 0.25) is 0 Å². The molecule has 17 heavy (non-hydrogen) atoms. The first-order chi connectivity index (χ1) is 7.41. The molecule has 0 radical (unpaired) electrons. The normalized spacial score (nSPS) is 38.4. The van der Waals surface area contributed by atoms with Crippen LogP contribution in [0.5, 0.6) is 0 Å². The lowest BCUT2D eigenvalue weighted by atomic mass is 9.89. The summed E-state index contributed by atoms with van der Waals surface area (Å²) in [6.45, 7) is 5.94. The van der Waals surface area contributed by atoms with Crippen molar-refractivity contribution in [2.75, 3.05) is 24.7 Å². The molecule has 2 heterocycles. The highest BCUT2D eigenvalue weighted by Crippen LogP contribution is 2.32. The molecule has 4 nitrogen and oxygen atoms in total. The number of halogens is 1. The van der Waals surface area contributed by atoms with E-state index in [1.807, 2.05) is 0 Å². The molecule has 0 aromatic carbocycles. The van der Waals surface area contributed by atoms with Gasteiger partial charge in [-0.05, 0) is 25.7 Å². The van der Waals surface area contributed by atoms with Crippen molar-refractivity contribution in [2.24, 2.45) is 11.8 Å². The first kappa shape index (κ1) is 15.2. The Morgan fingerprint density at radius 2 is 1.88 bits per heavy atom. The van der Waals surface area contributed by atoms with Crippen molar-refractivity contribution in [3.63, 3.8) is 0 Å². The van der Waals surface area contributed by atoms with Crippen molar-refractivity contribution in [3.05, 3.63) is 0 Å². The van der Waals surface area contributed by atoms with Gasteiger partial charge in [-0.25, -0.2) is 8.42 Å². The van der Waals surface area contributed by atoms with E-state index in [1.165, 1.54) is 0 Å². The van der Waals surface area contributed by atoms with E-state index in [0.717, 1.165) is 26.0 Å². The van der Waals surface area contributed by atoms with Gasteiger partial charge in [0.25, 0.3) is 0 Å². The van der Waals surface area contributed by atoms with E-state index in [4.69, 9.17) is 4.74 Å². The van der Waals surface area contributed by atoms with E-state index in [-0.39, 0.29) is 18.1 Å². The minimum atomic E-state index is -2.78. The van der Waals surface area contributed by atoms with Gasteiger partial charge in [-0.1, -0.05) is 6.92 Å². The number of ether oxygens (including phenoxy) is 1. The highest BCUT2D eigenvalue weighted by Gasteiger charge is 2.40. The highest BCUT2D eigenvalue weighted by molar-refractivity contribution is 7.91. The third-order valence-electron chi connectivity index (χ3n) is 3.80. The molecule has 2 rings (SSSR count). The minimum Gasteiger partial charge on any atom is -0.360 e. The van der Waals surface area contributed by atoms with Crippen LogP contribution in [-0.4, -0.2) is 38.8 Å². The molecule has 2 fully saturated rings. The molecule has 0 aliphatic carbocycles. The Hall–Kier alpha value is 0.160. The standard InChI is InChI=1S/C11H21NO3S.ClH/c1-9-7-12-11(2,15-8-9)10-3-5-16(13,14)6-4-10;/h9-10,12H,3-8H2,1-2H3;1H. The lowest BCUT2D eigenvalue weighted by Crippen LogP contribution is -2.58. The van der Waals surface area contributed by atoms with E-state index in [0.29, 0.717) is 23.3 Å². The average Bonchev–Trinajstić information content (AvgIpc) is 2.22. The molecule has 1 N–H and O–H groups in total. The molecule has 102 valence electrons. The second-order valence-corrected chi connectivity index (χ2v) is 7.63. The molecule has 2 aliphatic heterocycles. The molecule has 2 saturated heterocycles. The van der Waals surface area contributed by atoms with E-state index >= 15 is 0 Å². The Morgan fingerprint density at radius 1 is 1.29 bits per heavy atom. The largest absolute Gasteiger partial charge is 0.360 e. The average molecular weight is 284 g/mol. The third-order valence-corrected chi connectivity index (χ3v) is 5.52. The van der Waals surface area contributed by atoms with Gasteiger partial charge in [-0.3, -0.25) is 5.32 Å². The van der Waals surface area contributed by atoms with Gasteiger partial charge < -0.3 is 4.74 Å². The van der Waals surface area contributed by atoms with Crippen molar-refractivity contribution < 1.29 is 13.2 Å². The first-order valence-electron chi connectivity index (χ1n) is 6.01. The van der Waals surface area contributed by atoms with Crippen molar-refractivity contribution >= 4 is 22.2 Å². The van der Waals surface area contributed by atoms with Gasteiger partial charge in [0, 0.05) is 12.5 Å². The molecular weight excluding hydrogens is 262 g/mol. The molecule has 0 spiro atoms. The maximum absolute atomic E-state index is 11.4. The van der Waals surface area contributed by atoms with E-state index in [2.05, 4.69) is 19.2 Å². The zero-order chi connectivity index (χ0) is 11.8. The van der Waals surface area contributed by atoms with Crippen molar-refractivity contribution in [1.82, 2.24) is 5.32 Å². The summed E-state index contributed by atoms with van der Waals surface area (Å²) in [5.41, 5.74) is -0.317. The van der Waals surface area contributed by atoms with Crippen LogP contribution in [-0.2, 0) is 14.6 Å². The van der Waals surface area contributed by atoms with Gasteiger partial charge in [0.15, 0.2) is 0 Å². The summed E-state index contributed by atoms with van der Waals surface area (Å²) < 4.78 is 28.6. The summed E-state index contributed by atoms with van der Waals surface area (Å²) in [6.07, 6.45) is 1.44. The third kappa shape index (κ3) is 3.56. The summed E-state index contributed by atoms with van der Waals surface area (Å²) in [5, 5.41) is 3.43. The lowest BCUT2D eigenvalue weighted by molar-refractivity contribution is -0.137. The highest BCUT2D eigenvalue weighted by atomic mass is 35.5. The minimum absolute atomic E-state index is 0. The Labute approximate surface area is 110 Å². The molecule has 2 aliphatic rings. The summed E-state index contributed by atoms with van der Waals surface area (Å²) in [7, 11) is -2.78. The fourth-order valence-electron chi connectivity index (χ4n) is 2.51. The molecule has 0 saturated carbocycles. The second-order valence-electron chi connectivity index (χ2n) is 5.33. The van der Waals surface area contributed by atoms with E-state index < -0.39 is 9.84 Å². The molecule has 6 heteroatoms. The van der Waals surface area contributed by atoms with Crippen LogP contribution in [0, 0.1) is 11.8 Å². The summed E-state index contributed by atoms with van der Waals surface area (Å²) in [4.78, 5) is 0. The number of nitrogens with one attached hydrogen (secondary N) is 1. The van der Waals surface area contributed by atoms with E-state index in [1.54, 1.807) is 0 Å². The maximum atomic E-state index is 11.4. The summed E-state index contributed by atoms with van der Waals surface area (Å²) in [6, 6.07) is 0. The Bertz CT molecular complexity index is 336. The number of hydrogen-bond donors (Lipinski definition) is 1. The smallest absolute Gasteiger partial charge is 0.150 e. The second kappa shape index (κ2) is 5.43. The molecule has 0 amide bonds. The number of hydrogen-bond acceptors (Lipinski definition) is 4. The lowest BCUT2D eigenvalue weighted by Gasteiger charge is -2.44. The van der Waals surface area contributed by atoms with Crippen molar-refractivity contribution in [1.29, 1.82) is 0 Å².